The Morgan fingerprint density at radius 3 is 1.90 bits per heavy atom. The Labute approximate surface area is 240 Å². The van der Waals surface area contributed by atoms with Crippen molar-refractivity contribution < 1.29 is 18.0 Å². The highest BCUT2D eigenvalue weighted by molar-refractivity contribution is 7.92. The van der Waals surface area contributed by atoms with Gasteiger partial charge in [-0.3, -0.25) is 13.9 Å². The number of anilines is 1. The Kier molecular flexibility index (Phi) is 9.58. The molecule has 2 amide bonds. The number of carbonyl (C=O) groups is 2. The zero-order chi connectivity index (χ0) is 28.5. The number of nitrogens with one attached hydrogen (secondary N) is 1. The Balaban J connectivity index is 1.76. The van der Waals surface area contributed by atoms with Crippen LogP contribution in [0.4, 0.5) is 5.69 Å². The highest BCUT2D eigenvalue weighted by Gasteiger charge is 2.34. The molecule has 4 rings (SSSR count). The summed E-state index contributed by atoms with van der Waals surface area (Å²) in [6.45, 7) is -0.425. The molecule has 206 valence electrons. The molecule has 0 fully saturated rings. The third-order valence-corrected chi connectivity index (χ3v) is 8.48. The van der Waals surface area contributed by atoms with Crippen LogP contribution in [-0.2, 0) is 32.6 Å². The van der Waals surface area contributed by atoms with E-state index in [1.54, 1.807) is 72.8 Å². The van der Waals surface area contributed by atoms with Crippen LogP contribution >= 0.6 is 11.6 Å². The van der Waals surface area contributed by atoms with Crippen LogP contribution in [0.5, 0.6) is 0 Å². The van der Waals surface area contributed by atoms with E-state index in [1.807, 2.05) is 30.3 Å². The van der Waals surface area contributed by atoms with Gasteiger partial charge in [-0.1, -0.05) is 90.5 Å². The lowest BCUT2D eigenvalue weighted by molar-refractivity contribution is -0.139. The van der Waals surface area contributed by atoms with Crippen molar-refractivity contribution in [1.82, 2.24) is 10.2 Å². The van der Waals surface area contributed by atoms with E-state index in [1.165, 1.54) is 24.1 Å². The van der Waals surface area contributed by atoms with E-state index < -0.39 is 28.5 Å². The van der Waals surface area contributed by atoms with Crippen LogP contribution in [0.1, 0.15) is 11.1 Å². The van der Waals surface area contributed by atoms with E-state index in [0.29, 0.717) is 10.7 Å². The van der Waals surface area contributed by atoms with E-state index >= 15 is 0 Å². The number of hydrogen-bond acceptors (Lipinski definition) is 4. The van der Waals surface area contributed by atoms with Crippen molar-refractivity contribution in [2.24, 2.45) is 0 Å². The van der Waals surface area contributed by atoms with Gasteiger partial charge in [0.1, 0.15) is 12.6 Å². The fourth-order valence-corrected chi connectivity index (χ4v) is 5.91. The van der Waals surface area contributed by atoms with Crippen molar-refractivity contribution in [2.45, 2.75) is 23.9 Å². The predicted molar refractivity (Wildman–Crippen MR) is 157 cm³/mol. The average Bonchev–Trinajstić information content (AvgIpc) is 2.99. The minimum atomic E-state index is -4.10. The van der Waals surface area contributed by atoms with Crippen molar-refractivity contribution in [3.63, 3.8) is 0 Å². The summed E-state index contributed by atoms with van der Waals surface area (Å²) in [5, 5.41) is 3.21. The van der Waals surface area contributed by atoms with Gasteiger partial charge < -0.3 is 10.2 Å². The van der Waals surface area contributed by atoms with E-state index in [2.05, 4.69) is 5.32 Å². The smallest absolute Gasteiger partial charge is 0.264 e. The number of rotatable bonds is 11. The lowest BCUT2D eigenvalue weighted by atomic mass is 10.0. The second kappa shape index (κ2) is 13.3. The Hall–Kier alpha value is -4.14. The van der Waals surface area contributed by atoms with E-state index in [9.17, 15) is 18.0 Å². The minimum Gasteiger partial charge on any atom is -0.357 e. The standard InChI is InChI=1S/C31H30ClN3O4S/c1-33-31(37)29(21-24-11-5-2-6-12-24)34(22-25-17-19-26(32)20-18-25)30(36)23-35(27-13-7-3-8-14-27)40(38,39)28-15-9-4-10-16-28/h2-20,29H,21-23H2,1H3,(H,33,37)/t29-/m0/s1. The van der Waals surface area contributed by atoms with Crippen LogP contribution in [0, 0.1) is 0 Å². The molecule has 1 atom stereocenters. The average molecular weight is 576 g/mol. The second-order valence-corrected chi connectivity index (χ2v) is 11.4. The maximum Gasteiger partial charge on any atom is 0.264 e. The van der Waals surface area contributed by atoms with Crippen molar-refractivity contribution in [2.75, 3.05) is 17.9 Å². The number of nitrogens with zero attached hydrogens (tertiary/aromatic N) is 2. The first-order chi connectivity index (χ1) is 19.3. The number of carbonyl (C=O) groups excluding carboxylic acids is 2. The monoisotopic (exact) mass is 575 g/mol. The molecule has 4 aromatic carbocycles. The van der Waals surface area contributed by atoms with Crippen LogP contribution in [-0.4, -0.2) is 44.8 Å². The van der Waals surface area contributed by atoms with Crippen LogP contribution in [0.2, 0.25) is 5.02 Å². The molecule has 0 heterocycles. The number of para-hydroxylation sites is 1. The van der Waals surface area contributed by atoms with Crippen molar-refractivity contribution in [3.05, 3.63) is 131 Å². The summed E-state index contributed by atoms with van der Waals surface area (Å²) in [7, 11) is -2.59. The van der Waals surface area contributed by atoms with Gasteiger partial charge in [0, 0.05) is 25.0 Å². The van der Waals surface area contributed by atoms with Gasteiger partial charge >= 0.3 is 0 Å². The number of amides is 2. The molecule has 4 aromatic rings. The van der Waals surface area contributed by atoms with E-state index in [0.717, 1.165) is 15.4 Å². The number of halogens is 1. The maximum atomic E-state index is 14.1. The first-order valence-electron chi connectivity index (χ1n) is 12.7. The van der Waals surface area contributed by atoms with E-state index in [-0.39, 0.29) is 23.8 Å². The number of hydrogen-bond donors (Lipinski definition) is 1. The van der Waals surface area contributed by atoms with E-state index in [4.69, 9.17) is 11.6 Å². The quantitative estimate of drug-likeness (QED) is 0.275. The molecule has 0 spiro atoms. The summed E-state index contributed by atoms with van der Waals surface area (Å²) < 4.78 is 28.7. The van der Waals surface area contributed by atoms with Gasteiger partial charge in [-0.2, -0.15) is 0 Å². The zero-order valence-corrected chi connectivity index (χ0v) is 23.6. The molecule has 0 radical (unpaired) electrons. The normalized spacial score (nSPS) is 11.8. The Morgan fingerprint density at radius 2 is 1.32 bits per heavy atom. The van der Waals surface area contributed by atoms with Gasteiger partial charge in [0.2, 0.25) is 11.8 Å². The van der Waals surface area contributed by atoms with Crippen molar-refractivity contribution >= 4 is 39.1 Å². The van der Waals surface area contributed by atoms with Crippen molar-refractivity contribution in [1.29, 1.82) is 0 Å². The topological polar surface area (TPSA) is 86.8 Å². The molecule has 0 aliphatic carbocycles. The molecule has 0 aromatic heterocycles. The predicted octanol–water partition coefficient (Wildman–Crippen LogP) is 4.92. The molecular formula is C31H30ClN3O4S. The third-order valence-electron chi connectivity index (χ3n) is 6.44. The summed E-state index contributed by atoms with van der Waals surface area (Å²) in [5.41, 5.74) is 1.95. The molecular weight excluding hydrogens is 546 g/mol. The number of likely N-dealkylation sites (N-methyl/N-ethyl adjacent to an activating group) is 1. The lowest BCUT2D eigenvalue weighted by Crippen LogP contribution is -2.53. The fourth-order valence-electron chi connectivity index (χ4n) is 4.35. The summed E-state index contributed by atoms with van der Waals surface area (Å²) in [5.74, 6) is -0.883. The molecule has 0 bridgehead atoms. The van der Waals surface area contributed by atoms with Crippen LogP contribution in [0.3, 0.4) is 0 Å². The highest BCUT2D eigenvalue weighted by Crippen LogP contribution is 2.25. The van der Waals surface area contributed by atoms with Gasteiger partial charge in [0.05, 0.1) is 10.6 Å². The minimum absolute atomic E-state index is 0.0584. The Bertz CT molecular complexity index is 1520. The van der Waals surface area contributed by atoms with Gasteiger partial charge in [-0.25, -0.2) is 8.42 Å². The molecule has 0 saturated heterocycles. The summed E-state index contributed by atoms with van der Waals surface area (Å²) in [6.07, 6.45) is 0.247. The van der Waals surface area contributed by atoms with Crippen LogP contribution in [0.15, 0.2) is 120 Å². The molecule has 7 nitrogen and oxygen atoms in total. The first-order valence-corrected chi connectivity index (χ1v) is 14.5. The Morgan fingerprint density at radius 1 is 0.775 bits per heavy atom. The summed E-state index contributed by atoms with van der Waals surface area (Å²) >= 11 is 6.08. The summed E-state index contributed by atoms with van der Waals surface area (Å²) in [4.78, 5) is 28.9. The zero-order valence-electron chi connectivity index (χ0n) is 22.0. The van der Waals surface area contributed by atoms with Crippen LogP contribution < -0.4 is 9.62 Å². The largest absolute Gasteiger partial charge is 0.357 e. The van der Waals surface area contributed by atoms with Gasteiger partial charge in [-0.15, -0.1) is 0 Å². The first kappa shape index (κ1) is 28.9. The second-order valence-electron chi connectivity index (χ2n) is 9.13. The molecule has 1 N–H and O–H groups in total. The third kappa shape index (κ3) is 7.08. The SMILES string of the molecule is CNC(=O)[C@H](Cc1ccccc1)N(Cc1ccc(Cl)cc1)C(=O)CN(c1ccccc1)S(=O)(=O)c1ccccc1. The molecule has 0 aliphatic rings. The van der Waals surface area contributed by atoms with Crippen molar-refractivity contribution in [3.8, 4) is 0 Å². The fraction of sp³-hybridized carbons (Fsp3) is 0.161. The van der Waals surface area contributed by atoms with Gasteiger partial charge in [0.15, 0.2) is 0 Å². The van der Waals surface area contributed by atoms with Gasteiger partial charge in [-0.05, 0) is 47.5 Å². The number of sulfonamides is 1. The number of benzene rings is 4. The van der Waals surface area contributed by atoms with Crippen LogP contribution in [0.25, 0.3) is 0 Å². The molecule has 40 heavy (non-hydrogen) atoms. The molecule has 0 saturated carbocycles. The highest BCUT2D eigenvalue weighted by atomic mass is 35.5. The maximum absolute atomic E-state index is 14.1. The van der Waals surface area contributed by atoms with Gasteiger partial charge in [0.25, 0.3) is 10.0 Å². The summed E-state index contributed by atoms with van der Waals surface area (Å²) in [6, 6.07) is 31.9. The molecule has 0 unspecified atom stereocenters. The molecule has 0 aliphatic heterocycles. The lowest BCUT2D eigenvalue weighted by Gasteiger charge is -2.33. The molecule has 9 heteroatoms.